The molecule has 1 aromatic rings. The Hall–Kier alpha value is -2.11. The number of nitrogens with one attached hydrogen (secondary N) is 1. The van der Waals surface area contributed by atoms with Gasteiger partial charge in [0.2, 0.25) is 0 Å². The molecule has 0 spiro atoms. The van der Waals surface area contributed by atoms with Crippen LogP contribution in [0.3, 0.4) is 0 Å². The van der Waals surface area contributed by atoms with E-state index < -0.39 is 11.8 Å². The van der Waals surface area contributed by atoms with Crippen molar-refractivity contribution in [2.24, 2.45) is 5.10 Å². The van der Waals surface area contributed by atoms with Gasteiger partial charge in [0.15, 0.2) is 0 Å². The molecule has 0 saturated carbocycles. The summed E-state index contributed by atoms with van der Waals surface area (Å²) >= 11 is 0. The standard InChI is InChI=1S/C12H15N3O3/c16-11(12(17)15-6-2-1-3-7-15)14-13-9-10-5-4-8-18-10/h4-5,8-9H,1-3,6-7H2,(H,14,16)/b13-9-. The van der Waals surface area contributed by atoms with Crippen LogP contribution in [-0.2, 0) is 9.59 Å². The van der Waals surface area contributed by atoms with E-state index in [1.807, 2.05) is 0 Å². The number of carbonyl (C=O) groups excluding carboxylic acids is 2. The van der Waals surface area contributed by atoms with E-state index in [9.17, 15) is 9.59 Å². The van der Waals surface area contributed by atoms with Crippen molar-refractivity contribution >= 4 is 18.0 Å². The molecule has 0 radical (unpaired) electrons. The van der Waals surface area contributed by atoms with Gasteiger partial charge in [0.25, 0.3) is 0 Å². The highest BCUT2D eigenvalue weighted by atomic mass is 16.3. The number of furan rings is 1. The second-order valence-corrected chi connectivity index (χ2v) is 4.07. The molecule has 6 heteroatoms. The van der Waals surface area contributed by atoms with Crippen LogP contribution in [0.25, 0.3) is 0 Å². The molecule has 2 rings (SSSR count). The van der Waals surface area contributed by atoms with Gasteiger partial charge in [-0.25, -0.2) is 5.43 Å². The van der Waals surface area contributed by atoms with Crippen LogP contribution >= 0.6 is 0 Å². The van der Waals surface area contributed by atoms with E-state index >= 15 is 0 Å². The normalized spacial score (nSPS) is 15.9. The highest BCUT2D eigenvalue weighted by molar-refractivity contribution is 6.35. The van der Waals surface area contributed by atoms with Crippen molar-refractivity contribution in [3.8, 4) is 0 Å². The molecule has 0 unspecified atom stereocenters. The quantitative estimate of drug-likeness (QED) is 0.477. The van der Waals surface area contributed by atoms with E-state index in [1.54, 1.807) is 17.0 Å². The third-order valence-electron chi connectivity index (χ3n) is 2.74. The van der Waals surface area contributed by atoms with Crippen molar-refractivity contribution in [3.63, 3.8) is 0 Å². The summed E-state index contributed by atoms with van der Waals surface area (Å²) in [5, 5.41) is 3.66. The van der Waals surface area contributed by atoms with Gasteiger partial charge in [-0.3, -0.25) is 9.59 Å². The second kappa shape index (κ2) is 6.00. The smallest absolute Gasteiger partial charge is 0.329 e. The Labute approximate surface area is 105 Å². The average molecular weight is 249 g/mol. The van der Waals surface area contributed by atoms with Gasteiger partial charge in [0, 0.05) is 13.1 Å². The molecule has 0 bridgehead atoms. The molecule has 1 aliphatic heterocycles. The van der Waals surface area contributed by atoms with Crippen LogP contribution in [0, 0.1) is 0 Å². The Morgan fingerprint density at radius 3 is 2.78 bits per heavy atom. The van der Waals surface area contributed by atoms with Crippen molar-refractivity contribution < 1.29 is 14.0 Å². The zero-order chi connectivity index (χ0) is 12.8. The predicted octanol–water partition coefficient (Wildman–Crippen LogP) is 0.742. The van der Waals surface area contributed by atoms with Crippen LogP contribution in [0.5, 0.6) is 0 Å². The van der Waals surface area contributed by atoms with Crippen LogP contribution in [-0.4, -0.2) is 36.0 Å². The van der Waals surface area contributed by atoms with Gasteiger partial charge < -0.3 is 9.32 Å². The van der Waals surface area contributed by atoms with Crippen LogP contribution in [0.15, 0.2) is 27.9 Å². The van der Waals surface area contributed by atoms with E-state index in [2.05, 4.69) is 10.5 Å². The third kappa shape index (κ3) is 3.19. The number of hydrogen-bond donors (Lipinski definition) is 1. The summed E-state index contributed by atoms with van der Waals surface area (Å²) < 4.78 is 5.00. The first kappa shape index (κ1) is 12.3. The zero-order valence-corrected chi connectivity index (χ0v) is 9.96. The number of carbonyl (C=O) groups is 2. The number of nitrogens with zero attached hydrogens (tertiary/aromatic N) is 2. The fourth-order valence-electron chi connectivity index (χ4n) is 1.81. The number of piperidine rings is 1. The van der Waals surface area contributed by atoms with Crippen molar-refractivity contribution in [3.05, 3.63) is 24.2 Å². The zero-order valence-electron chi connectivity index (χ0n) is 9.96. The van der Waals surface area contributed by atoms with Crippen molar-refractivity contribution in [1.29, 1.82) is 0 Å². The van der Waals surface area contributed by atoms with Gasteiger partial charge in [0.05, 0.1) is 12.5 Å². The average Bonchev–Trinajstić information content (AvgIpc) is 2.92. The lowest BCUT2D eigenvalue weighted by molar-refractivity contribution is -0.146. The first-order valence-electron chi connectivity index (χ1n) is 5.93. The molecule has 0 aliphatic carbocycles. The van der Waals surface area contributed by atoms with Crippen molar-refractivity contribution in [2.75, 3.05) is 13.1 Å². The minimum absolute atomic E-state index is 0.515. The number of rotatable bonds is 2. The summed E-state index contributed by atoms with van der Waals surface area (Å²) in [6.07, 6.45) is 5.87. The van der Waals surface area contributed by atoms with Gasteiger partial charge >= 0.3 is 11.8 Å². The van der Waals surface area contributed by atoms with Gasteiger partial charge in [-0.15, -0.1) is 0 Å². The summed E-state index contributed by atoms with van der Waals surface area (Å²) in [7, 11) is 0. The van der Waals surface area contributed by atoms with Crippen LogP contribution < -0.4 is 5.43 Å². The van der Waals surface area contributed by atoms with Gasteiger partial charge in [-0.2, -0.15) is 5.10 Å². The number of hydrazone groups is 1. The fourth-order valence-corrected chi connectivity index (χ4v) is 1.81. The van der Waals surface area contributed by atoms with Crippen LogP contribution in [0.1, 0.15) is 25.0 Å². The predicted molar refractivity (Wildman–Crippen MR) is 64.9 cm³/mol. The first-order valence-corrected chi connectivity index (χ1v) is 5.93. The number of hydrogen-bond acceptors (Lipinski definition) is 4. The maximum atomic E-state index is 11.7. The summed E-state index contributed by atoms with van der Waals surface area (Å²) in [5.74, 6) is -0.716. The van der Waals surface area contributed by atoms with E-state index in [-0.39, 0.29) is 0 Å². The van der Waals surface area contributed by atoms with Gasteiger partial charge in [-0.1, -0.05) is 0 Å². The molecule has 2 amide bonds. The first-order chi connectivity index (χ1) is 8.77. The van der Waals surface area contributed by atoms with Gasteiger partial charge in [0.1, 0.15) is 5.76 Å². The number of likely N-dealkylation sites (tertiary alicyclic amines) is 1. The molecule has 0 aromatic carbocycles. The molecule has 1 aromatic heterocycles. The van der Waals surface area contributed by atoms with E-state index in [0.29, 0.717) is 18.8 Å². The van der Waals surface area contributed by atoms with Crippen molar-refractivity contribution in [1.82, 2.24) is 10.3 Å². The molecule has 0 atom stereocenters. The third-order valence-corrected chi connectivity index (χ3v) is 2.74. The molecule has 96 valence electrons. The second-order valence-electron chi connectivity index (χ2n) is 4.07. The molecule has 1 aliphatic rings. The lowest BCUT2D eigenvalue weighted by Gasteiger charge is -2.25. The monoisotopic (exact) mass is 249 g/mol. The van der Waals surface area contributed by atoms with Crippen molar-refractivity contribution in [2.45, 2.75) is 19.3 Å². The Balaban J connectivity index is 1.82. The Morgan fingerprint density at radius 2 is 2.11 bits per heavy atom. The van der Waals surface area contributed by atoms with Crippen LogP contribution in [0.2, 0.25) is 0 Å². The van der Waals surface area contributed by atoms with Gasteiger partial charge in [-0.05, 0) is 31.4 Å². The topological polar surface area (TPSA) is 74.9 Å². The minimum atomic E-state index is -0.709. The molecule has 6 nitrogen and oxygen atoms in total. The SMILES string of the molecule is O=C(N/N=C\c1ccco1)C(=O)N1CCCCC1. The fraction of sp³-hybridized carbons (Fsp3) is 0.417. The highest BCUT2D eigenvalue weighted by Crippen LogP contribution is 2.08. The van der Waals surface area contributed by atoms with E-state index in [0.717, 1.165) is 19.3 Å². The molecular weight excluding hydrogens is 234 g/mol. The summed E-state index contributed by atoms with van der Waals surface area (Å²) in [4.78, 5) is 24.8. The summed E-state index contributed by atoms with van der Waals surface area (Å²) in [6, 6.07) is 3.41. The molecule has 18 heavy (non-hydrogen) atoms. The largest absolute Gasteiger partial charge is 0.463 e. The van der Waals surface area contributed by atoms with Crippen LogP contribution in [0.4, 0.5) is 0 Å². The molecule has 1 saturated heterocycles. The highest BCUT2D eigenvalue weighted by Gasteiger charge is 2.22. The molecule has 2 heterocycles. The Morgan fingerprint density at radius 1 is 1.33 bits per heavy atom. The maximum absolute atomic E-state index is 11.7. The van der Waals surface area contributed by atoms with E-state index in [1.165, 1.54) is 12.5 Å². The lowest BCUT2D eigenvalue weighted by atomic mass is 10.1. The summed E-state index contributed by atoms with van der Waals surface area (Å²) in [5.41, 5.74) is 2.20. The molecule has 1 N–H and O–H groups in total. The summed E-state index contributed by atoms with van der Waals surface area (Å²) in [6.45, 7) is 1.29. The minimum Gasteiger partial charge on any atom is -0.463 e. The molecule has 1 fully saturated rings. The number of amides is 2. The van der Waals surface area contributed by atoms with E-state index in [4.69, 9.17) is 4.42 Å². The lowest BCUT2D eigenvalue weighted by Crippen LogP contribution is -2.43. The Kier molecular flexibility index (Phi) is 4.11. The molecular formula is C12H15N3O3. The Bertz CT molecular complexity index is 433. The maximum Gasteiger partial charge on any atom is 0.329 e.